The van der Waals surface area contributed by atoms with Crippen molar-refractivity contribution in [3.63, 3.8) is 0 Å². The molecule has 0 fully saturated rings. The minimum atomic E-state index is -0.507. The molecule has 1 amide bonds. The normalized spacial score (nSPS) is 10.3. The Morgan fingerprint density at radius 1 is 1.16 bits per heavy atom. The highest BCUT2D eigenvalue weighted by Crippen LogP contribution is 2.26. The van der Waals surface area contributed by atoms with Crippen molar-refractivity contribution < 1.29 is 14.3 Å². The number of esters is 1. The Kier molecular flexibility index (Phi) is 5.11. The first-order valence-electron chi connectivity index (χ1n) is 7.28. The number of methoxy groups -OCH3 is 1. The number of rotatable bonds is 4. The molecule has 0 spiro atoms. The summed E-state index contributed by atoms with van der Waals surface area (Å²) in [5.74, 6) is -0.908. The second kappa shape index (κ2) is 7.46. The number of thiazole rings is 1. The molecule has 25 heavy (non-hydrogen) atoms. The second-order valence-electron chi connectivity index (χ2n) is 5.04. The predicted molar refractivity (Wildman–Crippen MR) is 98.3 cm³/mol. The van der Waals surface area contributed by atoms with Gasteiger partial charge in [-0.2, -0.15) is 0 Å². The van der Waals surface area contributed by atoms with Crippen LogP contribution in [0.5, 0.6) is 0 Å². The summed E-state index contributed by atoms with van der Waals surface area (Å²) in [7, 11) is 1.29. The Labute approximate surface area is 153 Å². The predicted octanol–water partition coefficient (Wildman–Crippen LogP) is 4.50. The van der Waals surface area contributed by atoms with E-state index in [4.69, 9.17) is 11.6 Å². The number of halogens is 1. The average molecular weight is 373 g/mol. The molecule has 126 valence electrons. The molecule has 1 N–H and O–H groups in total. The van der Waals surface area contributed by atoms with E-state index in [1.54, 1.807) is 5.38 Å². The molecule has 1 aromatic heterocycles. The van der Waals surface area contributed by atoms with E-state index in [2.05, 4.69) is 15.0 Å². The van der Waals surface area contributed by atoms with Gasteiger partial charge in [0.2, 0.25) is 0 Å². The molecule has 7 heteroatoms. The summed E-state index contributed by atoms with van der Waals surface area (Å²) >= 11 is 7.47. The van der Waals surface area contributed by atoms with Gasteiger partial charge in [0, 0.05) is 10.9 Å². The number of carbonyl (C=O) groups excluding carboxylic acids is 2. The number of nitrogens with zero attached hydrogens (tertiary/aromatic N) is 1. The Balaban J connectivity index is 1.81. The topological polar surface area (TPSA) is 68.3 Å². The van der Waals surface area contributed by atoms with Gasteiger partial charge in [-0.3, -0.25) is 4.79 Å². The van der Waals surface area contributed by atoms with E-state index in [0.29, 0.717) is 16.3 Å². The van der Waals surface area contributed by atoms with Crippen LogP contribution >= 0.6 is 22.9 Å². The molecule has 0 aliphatic rings. The summed E-state index contributed by atoms with van der Waals surface area (Å²) in [6.07, 6.45) is 0. The van der Waals surface area contributed by atoms with Crippen LogP contribution in [-0.2, 0) is 4.74 Å². The van der Waals surface area contributed by atoms with Crippen LogP contribution in [0.1, 0.15) is 20.8 Å². The van der Waals surface area contributed by atoms with E-state index in [9.17, 15) is 9.59 Å². The second-order valence-corrected chi connectivity index (χ2v) is 6.31. The number of hydrogen-bond acceptors (Lipinski definition) is 5. The van der Waals surface area contributed by atoms with Crippen LogP contribution in [0.3, 0.4) is 0 Å². The van der Waals surface area contributed by atoms with E-state index in [-0.39, 0.29) is 5.69 Å². The lowest BCUT2D eigenvalue weighted by Crippen LogP contribution is -2.13. The molecule has 0 aliphatic heterocycles. The number of benzene rings is 2. The van der Waals surface area contributed by atoms with Gasteiger partial charge in [-0.15, -0.1) is 11.3 Å². The Bertz CT molecular complexity index is 925. The standard InChI is InChI=1S/C18H13ClN2O3S/c1-24-18(23)12-7-8-13(19)14(9-12)20-16(22)15-10-25-17(21-15)11-5-3-2-4-6-11/h2-10H,1H3,(H,20,22). The molecule has 0 atom stereocenters. The van der Waals surface area contributed by atoms with Crippen LogP contribution in [0.4, 0.5) is 5.69 Å². The highest BCUT2D eigenvalue weighted by molar-refractivity contribution is 7.13. The first-order valence-corrected chi connectivity index (χ1v) is 8.54. The molecular formula is C18H13ClN2O3S. The molecular weight excluding hydrogens is 360 g/mol. The summed E-state index contributed by atoms with van der Waals surface area (Å²) in [6.45, 7) is 0. The molecule has 0 aliphatic carbocycles. The lowest BCUT2D eigenvalue weighted by Gasteiger charge is -2.07. The molecule has 0 saturated heterocycles. The zero-order valence-electron chi connectivity index (χ0n) is 13.2. The molecule has 0 radical (unpaired) electrons. The third-order valence-corrected chi connectivity index (χ3v) is 4.61. The van der Waals surface area contributed by atoms with Gasteiger partial charge in [-0.25, -0.2) is 9.78 Å². The van der Waals surface area contributed by atoms with Crippen LogP contribution in [-0.4, -0.2) is 24.0 Å². The van der Waals surface area contributed by atoms with Gasteiger partial charge in [-0.05, 0) is 18.2 Å². The largest absolute Gasteiger partial charge is 0.465 e. The Hall–Kier alpha value is -2.70. The molecule has 0 saturated carbocycles. The van der Waals surface area contributed by atoms with Crippen molar-refractivity contribution in [3.8, 4) is 10.6 Å². The van der Waals surface area contributed by atoms with Crippen LogP contribution in [0, 0.1) is 0 Å². The van der Waals surface area contributed by atoms with Crippen LogP contribution in [0.25, 0.3) is 10.6 Å². The van der Waals surface area contributed by atoms with Crippen molar-refractivity contribution >= 4 is 40.5 Å². The maximum atomic E-state index is 12.4. The lowest BCUT2D eigenvalue weighted by molar-refractivity contribution is 0.0600. The van der Waals surface area contributed by atoms with Crippen molar-refractivity contribution in [2.45, 2.75) is 0 Å². The van der Waals surface area contributed by atoms with Gasteiger partial charge in [0.15, 0.2) is 0 Å². The summed E-state index contributed by atoms with van der Waals surface area (Å²) in [5.41, 5.74) is 1.84. The van der Waals surface area contributed by atoms with Gasteiger partial charge < -0.3 is 10.1 Å². The van der Waals surface area contributed by atoms with Crippen molar-refractivity contribution in [2.75, 3.05) is 12.4 Å². The van der Waals surface area contributed by atoms with Crippen molar-refractivity contribution in [2.24, 2.45) is 0 Å². The summed E-state index contributed by atoms with van der Waals surface area (Å²) in [4.78, 5) is 28.4. The van der Waals surface area contributed by atoms with E-state index < -0.39 is 11.9 Å². The molecule has 1 heterocycles. The van der Waals surface area contributed by atoms with Crippen molar-refractivity contribution in [1.82, 2.24) is 4.98 Å². The van der Waals surface area contributed by atoms with Gasteiger partial charge in [-0.1, -0.05) is 41.9 Å². The fourth-order valence-corrected chi connectivity index (χ4v) is 3.11. The summed E-state index contributed by atoms with van der Waals surface area (Å²) in [6, 6.07) is 14.1. The molecule has 3 aromatic rings. The number of aromatic nitrogens is 1. The van der Waals surface area contributed by atoms with E-state index >= 15 is 0 Å². The minimum absolute atomic E-state index is 0.281. The first kappa shape index (κ1) is 17.1. The monoisotopic (exact) mass is 372 g/mol. The summed E-state index contributed by atoms with van der Waals surface area (Å²) in [5, 5.41) is 5.42. The van der Waals surface area contributed by atoms with Gasteiger partial charge in [0.05, 0.1) is 23.4 Å². The maximum absolute atomic E-state index is 12.4. The molecule has 5 nitrogen and oxygen atoms in total. The molecule has 0 bridgehead atoms. The Morgan fingerprint density at radius 2 is 1.92 bits per heavy atom. The van der Waals surface area contributed by atoms with Crippen LogP contribution in [0.15, 0.2) is 53.9 Å². The zero-order chi connectivity index (χ0) is 17.8. The molecule has 0 unspecified atom stereocenters. The number of carbonyl (C=O) groups is 2. The van der Waals surface area contributed by atoms with E-state index in [1.807, 2.05) is 30.3 Å². The fraction of sp³-hybridized carbons (Fsp3) is 0.0556. The minimum Gasteiger partial charge on any atom is -0.465 e. The number of anilines is 1. The summed E-state index contributed by atoms with van der Waals surface area (Å²) < 4.78 is 4.67. The quantitative estimate of drug-likeness (QED) is 0.684. The average Bonchev–Trinajstić information content (AvgIpc) is 3.14. The SMILES string of the molecule is COC(=O)c1ccc(Cl)c(NC(=O)c2csc(-c3ccccc3)n2)c1. The van der Waals surface area contributed by atoms with Gasteiger partial charge in [0.1, 0.15) is 10.7 Å². The molecule has 3 rings (SSSR count). The third kappa shape index (κ3) is 3.87. The maximum Gasteiger partial charge on any atom is 0.337 e. The van der Waals surface area contributed by atoms with Gasteiger partial charge >= 0.3 is 5.97 Å². The smallest absolute Gasteiger partial charge is 0.337 e. The van der Waals surface area contributed by atoms with E-state index in [0.717, 1.165) is 10.6 Å². The van der Waals surface area contributed by atoms with Crippen LogP contribution in [0.2, 0.25) is 5.02 Å². The van der Waals surface area contributed by atoms with Crippen molar-refractivity contribution in [3.05, 3.63) is 70.2 Å². The van der Waals surface area contributed by atoms with Crippen LogP contribution < -0.4 is 5.32 Å². The van der Waals surface area contributed by atoms with E-state index in [1.165, 1.54) is 36.6 Å². The van der Waals surface area contributed by atoms with Crippen molar-refractivity contribution in [1.29, 1.82) is 0 Å². The van der Waals surface area contributed by atoms with Gasteiger partial charge in [0.25, 0.3) is 5.91 Å². The third-order valence-electron chi connectivity index (χ3n) is 3.39. The number of amides is 1. The number of ether oxygens (including phenoxy) is 1. The lowest BCUT2D eigenvalue weighted by atomic mass is 10.2. The number of nitrogens with one attached hydrogen (secondary N) is 1. The highest BCUT2D eigenvalue weighted by Gasteiger charge is 2.15. The zero-order valence-corrected chi connectivity index (χ0v) is 14.7. The Morgan fingerprint density at radius 3 is 2.64 bits per heavy atom. The molecule has 2 aromatic carbocycles. The first-order chi connectivity index (χ1) is 12.1. The fourth-order valence-electron chi connectivity index (χ4n) is 2.14. The highest BCUT2D eigenvalue weighted by atomic mass is 35.5. The number of hydrogen-bond donors (Lipinski definition) is 1.